The van der Waals surface area contributed by atoms with Crippen LogP contribution in [-0.2, 0) is 16.1 Å². The molecule has 0 fully saturated rings. The van der Waals surface area contributed by atoms with Crippen LogP contribution in [-0.4, -0.2) is 67.2 Å². The van der Waals surface area contributed by atoms with Crippen molar-refractivity contribution in [2.75, 3.05) is 27.4 Å². The van der Waals surface area contributed by atoms with E-state index < -0.39 is 8.07 Å². The van der Waals surface area contributed by atoms with Gasteiger partial charge in [-0.3, -0.25) is 9.59 Å². The zero-order valence-corrected chi connectivity index (χ0v) is 30.3. The average Bonchev–Trinajstić information content (AvgIpc) is 3.14. The maximum absolute atomic E-state index is 14.3. The van der Waals surface area contributed by atoms with Crippen LogP contribution in [0.15, 0.2) is 108 Å². The second-order valence-electron chi connectivity index (χ2n) is 13.6. The molecular weight excluding hydrogens is 647 g/mol. The minimum atomic E-state index is -2.46. The zero-order valence-electron chi connectivity index (χ0n) is 29.3. The van der Waals surface area contributed by atoms with Gasteiger partial charge in [0.1, 0.15) is 17.6 Å². The van der Waals surface area contributed by atoms with Crippen molar-refractivity contribution in [3.63, 3.8) is 0 Å². The summed E-state index contributed by atoms with van der Waals surface area (Å²) in [5.41, 5.74) is 2.09. The summed E-state index contributed by atoms with van der Waals surface area (Å²) < 4.78 is 20.0. The van der Waals surface area contributed by atoms with Gasteiger partial charge in [-0.1, -0.05) is 85.9 Å². The molecular formula is C40H45N3O6Si. The van der Waals surface area contributed by atoms with Gasteiger partial charge in [0.15, 0.2) is 0 Å². The summed E-state index contributed by atoms with van der Waals surface area (Å²) in [5.74, 6) is 1.25. The first-order valence-corrected chi connectivity index (χ1v) is 20.1. The van der Waals surface area contributed by atoms with Gasteiger partial charge in [0.25, 0.3) is 5.56 Å². The lowest BCUT2D eigenvalue weighted by molar-refractivity contribution is -0.133. The lowest BCUT2D eigenvalue weighted by atomic mass is 9.86. The van der Waals surface area contributed by atoms with E-state index in [0.29, 0.717) is 23.4 Å². The van der Waals surface area contributed by atoms with Gasteiger partial charge in [-0.05, 0) is 42.0 Å². The van der Waals surface area contributed by atoms with Crippen molar-refractivity contribution < 1.29 is 24.1 Å². The molecule has 10 heteroatoms. The normalized spacial score (nSPS) is 17.8. The van der Waals surface area contributed by atoms with Gasteiger partial charge in [-0.2, -0.15) is 9.78 Å². The Kier molecular flexibility index (Phi) is 10.5. The molecule has 260 valence electrons. The number of hydrogen-bond acceptors (Lipinski definition) is 7. The first-order valence-electron chi connectivity index (χ1n) is 17.0. The molecule has 4 atom stereocenters. The number of fused-ring (bicyclic) bond motifs is 2. The van der Waals surface area contributed by atoms with Crippen LogP contribution in [0.5, 0.6) is 11.5 Å². The molecule has 0 saturated carbocycles. The second-order valence-corrected chi connectivity index (χ2v) is 18.3. The predicted molar refractivity (Wildman–Crippen MR) is 198 cm³/mol. The molecule has 4 aromatic carbocycles. The van der Waals surface area contributed by atoms with Crippen LogP contribution in [0.3, 0.4) is 0 Å². The molecule has 1 aliphatic rings. The molecule has 1 N–H and O–H groups in total. The topological polar surface area (TPSA) is 103 Å². The molecule has 2 heterocycles. The minimum absolute atomic E-state index is 0.0327. The monoisotopic (exact) mass is 691 g/mol. The standard InChI is InChI=1S/C40H45N3O6Si/c1-27-38(48-3)34-23-30(43-40(46)33-14-10-9-13-29(33)25-41-43)15-20-35(34)49-39(27)36(50(4,5)32-18-16-31(47-2)17-19-32)24-37(45)42(21-22-44)26-28-11-7-6-8-12-28/h6-20,23,25,27,36,38-39,44H,21-22,24,26H2,1-5H3/t27-,36?,38-,39-/m0/s1. The molecule has 0 spiro atoms. The van der Waals surface area contributed by atoms with E-state index >= 15 is 0 Å². The summed E-state index contributed by atoms with van der Waals surface area (Å²) >= 11 is 0. The van der Waals surface area contributed by atoms with E-state index in [-0.39, 0.29) is 54.7 Å². The van der Waals surface area contributed by atoms with Crippen molar-refractivity contribution in [1.82, 2.24) is 14.7 Å². The summed E-state index contributed by atoms with van der Waals surface area (Å²) in [6.45, 7) is 7.20. The molecule has 1 amide bonds. The van der Waals surface area contributed by atoms with Gasteiger partial charge in [0.2, 0.25) is 5.91 Å². The molecule has 6 rings (SSSR count). The van der Waals surface area contributed by atoms with E-state index in [1.165, 1.54) is 9.87 Å². The Bertz CT molecular complexity index is 2000. The number of carbonyl (C=O) groups excluding carboxylic acids is 1. The first kappa shape index (κ1) is 35.1. The highest BCUT2D eigenvalue weighted by molar-refractivity contribution is 6.91. The van der Waals surface area contributed by atoms with Crippen molar-refractivity contribution >= 4 is 29.9 Å². The van der Waals surface area contributed by atoms with E-state index in [1.807, 2.05) is 78.9 Å². The number of aromatic nitrogens is 2. The lowest BCUT2D eigenvalue weighted by Gasteiger charge is -2.46. The predicted octanol–water partition coefficient (Wildman–Crippen LogP) is 5.88. The van der Waals surface area contributed by atoms with Crippen LogP contribution >= 0.6 is 0 Å². The van der Waals surface area contributed by atoms with Crippen molar-refractivity contribution in [2.45, 2.75) is 50.7 Å². The second kappa shape index (κ2) is 15.0. The lowest BCUT2D eigenvalue weighted by Crippen LogP contribution is -2.55. The number of aliphatic hydroxyl groups is 1. The highest BCUT2D eigenvalue weighted by Crippen LogP contribution is 2.47. The number of benzene rings is 4. The fraction of sp³-hybridized carbons (Fsp3) is 0.325. The summed E-state index contributed by atoms with van der Waals surface area (Å²) in [4.78, 5) is 29.5. The maximum atomic E-state index is 14.3. The molecule has 0 aliphatic carbocycles. The molecule has 0 bridgehead atoms. The van der Waals surface area contributed by atoms with E-state index in [4.69, 9.17) is 14.2 Å². The fourth-order valence-corrected chi connectivity index (χ4v) is 10.7. The van der Waals surface area contributed by atoms with Crippen LogP contribution in [0.4, 0.5) is 0 Å². The Labute approximate surface area is 294 Å². The van der Waals surface area contributed by atoms with Crippen LogP contribution in [0.1, 0.15) is 30.6 Å². The van der Waals surface area contributed by atoms with E-state index in [1.54, 1.807) is 31.4 Å². The number of ether oxygens (including phenoxy) is 3. The summed E-state index contributed by atoms with van der Waals surface area (Å²) in [6, 6.07) is 31.1. The highest BCUT2D eigenvalue weighted by atomic mass is 28.3. The smallest absolute Gasteiger partial charge is 0.279 e. The molecule has 9 nitrogen and oxygen atoms in total. The minimum Gasteiger partial charge on any atom is -0.497 e. The molecule has 50 heavy (non-hydrogen) atoms. The van der Waals surface area contributed by atoms with E-state index in [0.717, 1.165) is 22.3 Å². The number of aliphatic hydroxyl groups excluding tert-OH is 1. The number of methoxy groups -OCH3 is 2. The SMILES string of the molecule is COc1ccc([Si](C)(C)C(CC(=O)N(CCO)Cc2ccccc2)[C@H]2Oc3ccc(-n4ncc5ccccc5c4=O)cc3[C@@H](OC)[C@@H]2C)cc1. The fourth-order valence-electron chi connectivity index (χ4n) is 7.32. The molecule has 5 aromatic rings. The molecule has 1 aliphatic heterocycles. The van der Waals surface area contributed by atoms with Gasteiger partial charge in [-0.15, -0.1) is 0 Å². The van der Waals surface area contributed by atoms with Gasteiger partial charge in [-0.25, -0.2) is 0 Å². The Balaban J connectivity index is 1.38. The number of hydrogen-bond donors (Lipinski definition) is 1. The number of nitrogens with zero attached hydrogens (tertiary/aromatic N) is 3. The average molecular weight is 692 g/mol. The number of carbonyl (C=O) groups is 1. The van der Waals surface area contributed by atoms with Gasteiger partial charge in [0.05, 0.1) is 45.2 Å². The van der Waals surface area contributed by atoms with Crippen molar-refractivity contribution in [2.24, 2.45) is 5.92 Å². The third kappa shape index (κ3) is 6.96. The Morgan fingerprint density at radius 3 is 2.42 bits per heavy atom. The van der Waals surface area contributed by atoms with Crippen molar-refractivity contribution in [3.8, 4) is 17.2 Å². The van der Waals surface area contributed by atoms with Gasteiger partial charge < -0.3 is 24.2 Å². The molecule has 1 aromatic heterocycles. The summed E-state index contributed by atoms with van der Waals surface area (Å²) in [5, 5.41) is 17.0. The third-order valence-corrected chi connectivity index (χ3v) is 14.5. The zero-order chi connectivity index (χ0) is 35.4. The summed E-state index contributed by atoms with van der Waals surface area (Å²) in [6.07, 6.45) is 1.22. The van der Waals surface area contributed by atoms with Crippen LogP contribution < -0.4 is 20.2 Å². The maximum Gasteiger partial charge on any atom is 0.279 e. The largest absolute Gasteiger partial charge is 0.497 e. The summed E-state index contributed by atoms with van der Waals surface area (Å²) in [7, 11) is 0.882. The third-order valence-electron chi connectivity index (χ3n) is 10.2. The molecule has 1 unspecified atom stereocenters. The van der Waals surface area contributed by atoms with Crippen molar-refractivity contribution in [3.05, 3.63) is 125 Å². The van der Waals surface area contributed by atoms with E-state index in [9.17, 15) is 14.7 Å². The van der Waals surface area contributed by atoms with Crippen LogP contribution in [0.25, 0.3) is 16.5 Å². The van der Waals surface area contributed by atoms with E-state index in [2.05, 4.69) is 37.2 Å². The van der Waals surface area contributed by atoms with Crippen LogP contribution in [0.2, 0.25) is 18.6 Å². The Hall–Kier alpha value is -4.77. The Morgan fingerprint density at radius 1 is 1.00 bits per heavy atom. The molecule has 0 saturated heterocycles. The number of amides is 1. The van der Waals surface area contributed by atoms with Gasteiger partial charge in [0, 0.05) is 49.0 Å². The Morgan fingerprint density at radius 2 is 1.72 bits per heavy atom. The van der Waals surface area contributed by atoms with Crippen LogP contribution in [0, 0.1) is 5.92 Å². The van der Waals surface area contributed by atoms with Crippen molar-refractivity contribution in [1.29, 1.82) is 0 Å². The molecule has 0 radical (unpaired) electrons. The first-order chi connectivity index (χ1) is 24.2. The van der Waals surface area contributed by atoms with Gasteiger partial charge >= 0.3 is 0 Å². The number of rotatable bonds is 12. The quantitative estimate of drug-likeness (QED) is 0.163. The highest BCUT2D eigenvalue weighted by Gasteiger charge is 2.48.